The summed E-state index contributed by atoms with van der Waals surface area (Å²) in [5.41, 5.74) is 4.10. The van der Waals surface area contributed by atoms with E-state index in [4.69, 9.17) is 15.2 Å². The summed E-state index contributed by atoms with van der Waals surface area (Å²) in [4.78, 5) is 37.6. The van der Waals surface area contributed by atoms with Crippen molar-refractivity contribution < 1.29 is 19.4 Å². The molecule has 1 aromatic heterocycles. The molecule has 1 aliphatic rings. The first-order chi connectivity index (χ1) is 12.0. The highest BCUT2D eigenvalue weighted by Gasteiger charge is 2.35. The van der Waals surface area contributed by atoms with Crippen LogP contribution in [0.5, 0.6) is 0 Å². The molecular weight excluding hydrogens is 332 g/mol. The molecule has 0 aliphatic carbocycles. The summed E-state index contributed by atoms with van der Waals surface area (Å²) in [6.07, 6.45) is 1.85. The average Bonchev–Trinajstić information content (AvgIpc) is 2.93. The van der Waals surface area contributed by atoms with Gasteiger partial charge in [-0.1, -0.05) is 0 Å². The fraction of sp³-hybridized carbons (Fsp3) is 0.533. The number of H-pyrrole nitrogens is 1. The van der Waals surface area contributed by atoms with Gasteiger partial charge in [0.25, 0.3) is 5.56 Å². The second-order valence-corrected chi connectivity index (χ2v) is 5.55. The van der Waals surface area contributed by atoms with Gasteiger partial charge in [0, 0.05) is 38.9 Å². The van der Waals surface area contributed by atoms with Gasteiger partial charge in [-0.2, -0.15) is 0 Å². The molecule has 138 valence electrons. The molecular formula is C15H22N4O6. The van der Waals surface area contributed by atoms with Crippen LogP contribution in [-0.4, -0.2) is 59.6 Å². The third kappa shape index (κ3) is 4.86. The Morgan fingerprint density at radius 2 is 2.36 bits per heavy atom. The Balaban J connectivity index is 2.21. The number of hydrogen-bond donors (Lipinski definition) is 4. The zero-order valence-corrected chi connectivity index (χ0v) is 13.8. The third-order valence-electron chi connectivity index (χ3n) is 3.70. The number of aromatic nitrogens is 2. The lowest BCUT2D eigenvalue weighted by Gasteiger charge is -2.15. The second kappa shape index (κ2) is 8.72. The second-order valence-electron chi connectivity index (χ2n) is 5.55. The van der Waals surface area contributed by atoms with E-state index >= 15 is 0 Å². The topological polar surface area (TPSA) is 149 Å². The van der Waals surface area contributed by atoms with Crippen molar-refractivity contribution in [3.05, 3.63) is 38.7 Å². The van der Waals surface area contributed by atoms with Gasteiger partial charge in [0.05, 0.1) is 18.3 Å². The molecule has 10 nitrogen and oxygen atoms in total. The molecule has 2 heterocycles. The molecule has 5 N–H and O–H groups in total. The van der Waals surface area contributed by atoms with Crippen LogP contribution in [0.25, 0.3) is 6.08 Å². The van der Waals surface area contributed by atoms with E-state index in [-0.39, 0.29) is 18.6 Å². The van der Waals surface area contributed by atoms with Gasteiger partial charge < -0.3 is 25.6 Å². The lowest BCUT2D eigenvalue weighted by Crippen LogP contribution is -2.33. The molecule has 0 radical (unpaired) electrons. The number of ether oxygens (including phenoxy) is 2. The van der Waals surface area contributed by atoms with E-state index in [2.05, 4.69) is 10.3 Å². The van der Waals surface area contributed by atoms with Crippen molar-refractivity contribution in [3.63, 3.8) is 0 Å². The SMILES string of the molecule is COC[C@H]1O[C@@H](n2cc(C=CC(=O)NCCN)c(=O)[nH]c2=O)CC1O. The van der Waals surface area contributed by atoms with Crippen LogP contribution in [0, 0.1) is 0 Å². The van der Waals surface area contributed by atoms with E-state index in [1.165, 1.54) is 30.0 Å². The minimum atomic E-state index is -0.787. The highest BCUT2D eigenvalue weighted by molar-refractivity contribution is 5.91. The monoisotopic (exact) mass is 354 g/mol. The Hall–Kier alpha value is -2.27. The lowest BCUT2D eigenvalue weighted by molar-refractivity contribution is -0.116. The normalized spacial score (nSPS) is 23.2. The van der Waals surface area contributed by atoms with Crippen LogP contribution >= 0.6 is 0 Å². The largest absolute Gasteiger partial charge is 0.390 e. The standard InChI is InChI=1S/C15H22N4O6/c1-24-8-11-10(20)6-13(25-11)19-7-9(14(22)18-15(19)23)2-3-12(21)17-5-4-16/h2-3,7,10-11,13,20H,4-6,8,16H2,1H3,(H,17,21)(H,18,22,23)/t10?,11-,13-/m1/s1. The predicted octanol–water partition coefficient (Wildman–Crippen LogP) is -2.08. The van der Waals surface area contributed by atoms with Crippen LogP contribution in [-0.2, 0) is 14.3 Å². The number of aliphatic hydroxyl groups excluding tert-OH is 1. The van der Waals surface area contributed by atoms with Crippen LogP contribution in [0.15, 0.2) is 21.9 Å². The van der Waals surface area contributed by atoms with E-state index in [9.17, 15) is 19.5 Å². The van der Waals surface area contributed by atoms with Crippen molar-refractivity contribution in [3.8, 4) is 0 Å². The number of carbonyl (C=O) groups excluding carboxylic acids is 1. The number of carbonyl (C=O) groups is 1. The number of amides is 1. The smallest absolute Gasteiger partial charge is 0.330 e. The van der Waals surface area contributed by atoms with Crippen molar-refractivity contribution in [1.82, 2.24) is 14.9 Å². The molecule has 0 aromatic carbocycles. The summed E-state index contributed by atoms with van der Waals surface area (Å²) < 4.78 is 11.7. The number of nitrogens with zero attached hydrogens (tertiary/aromatic N) is 1. The van der Waals surface area contributed by atoms with Crippen LogP contribution in [0.3, 0.4) is 0 Å². The highest BCUT2D eigenvalue weighted by atomic mass is 16.6. The number of nitrogens with two attached hydrogens (primary N) is 1. The van der Waals surface area contributed by atoms with Crippen molar-refractivity contribution in [2.24, 2.45) is 5.73 Å². The molecule has 2 rings (SSSR count). The summed E-state index contributed by atoms with van der Waals surface area (Å²) in [6.45, 7) is 0.798. The van der Waals surface area contributed by atoms with Crippen molar-refractivity contribution in [2.75, 3.05) is 26.8 Å². The van der Waals surface area contributed by atoms with Gasteiger partial charge in [0.15, 0.2) is 0 Å². The summed E-state index contributed by atoms with van der Waals surface area (Å²) in [5.74, 6) is -0.407. The van der Waals surface area contributed by atoms with Gasteiger partial charge >= 0.3 is 5.69 Å². The van der Waals surface area contributed by atoms with E-state index in [1.54, 1.807) is 0 Å². The number of hydrogen-bond acceptors (Lipinski definition) is 7. The average molecular weight is 354 g/mol. The van der Waals surface area contributed by atoms with Gasteiger partial charge in [0.1, 0.15) is 12.3 Å². The van der Waals surface area contributed by atoms with Crippen LogP contribution in [0.2, 0.25) is 0 Å². The fourth-order valence-corrected chi connectivity index (χ4v) is 2.45. The molecule has 1 amide bonds. The minimum Gasteiger partial charge on any atom is -0.390 e. The number of methoxy groups -OCH3 is 1. The van der Waals surface area contributed by atoms with Gasteiger partial charge in [-0.25, -0.2) is 4.79 Å². The minimum absolute atomic E-state index is 0.107. The van der Waals surface area contributed by atoms with Crippen LogP contribution in [0.1, 0.15) is 18.2 Å². The maximum Gasteiger partial charge on any atom is 0.330 e. The van der Waals surface area contributed by atoms with Crippen LogP contribution in [0.4, 0.5) is 0 Å². The molecule has 0 spiro atoms. The highest BCUT2D eigenvalue weighted by Crippen LogP contribution is 2.27. The Morgan fingerprint density at radius 3 is 3.04 bits per heavy atom. The van der Waals surface area contributed by atoms with Crippen LogP contribution < -0.4 is 22.3 Å². The molecule has 1 fully saturated rings. The molecule has 25 heavy (non-hydrogen) atoms. The van der Waals surface area contributed by atoms with Crippen molar-refractivity contribution in [1.29, 1.82) is 0 Å². The molecule has 1 aliphatic heterocycles. The summed E-state index contributed by atoms with van der Waals surface area (Å²) in [5, 5.41) is 12.5. The quantitative estimate of drug-likeness (QED) is 0.411. The first-order valence-electron chi connectivity index (χ1n) is 7.80. The van der Waals surface area contributed by atoms with E-state index < -0.39 is 35.6 Å². The zero-order valence-electron chi connectivity index (χ0n) is 13.8. The summed E-state index contributed by atoms with van der Waals surface area (Å²) in [6, 6.07) is 0. The van der Waals surface area contributed by atoms with Gasteiger partial charge in [-0.05, 0) is 6.08 Å². The predicted molar refractivity (Wildman–Crippen MR) is 88.8 cm³/mol. The number of aromatic amines is 1. The zero-order chi connectivity index (χ0) is 18.4. The van der Waals surface area contributed by atoms with Gasteiger partial charge in [-0.15, -0.1) is 0 Å². The van der Waals surface area contributed by atoms with Gasteiger partial charge in [0.2, 0.25) is 5.91 Å². The summed E-state index contributed by atoms with van der Waals surface area (Å²) >= 11 is 0. The molecule has 1 unspecified atom stereocenters. The molecule has 1 aromatic rings. The Bertz CT molecular complexity index is 740. The maximum absolute atomic E-state index is 12.0. The third-order valence-corrected chi connectivity index (χ3v) is 3.70. The molecule has 0 saturated carbocycles. The molecule has 3 atom stereocenters. The molecule has 1 saturated heterocycles. The first-order valence-corrected chi connectivity index (χ1v) is 7.80. The van der Waals surface area contributed by atoms with E-state index in [0.29, 0.717) is 13.1 Å². The van der Waals surface area contributed by atoms with Crippen molar-refractivity contribution >= 4 is 12.0 Å². The van der Waals surface area contributed by atoms with Gasteiger partial charge in [-0.3, -0.25) is 19.1 Å². The molecule has 0 bridgehead atoms. The maximum atomic E-state index is 12.0. The fourth-order valence-electron chi connectivity index (χ4n) is 2.45. The number of aliphatic hydroxyl groups is 1. The first kappa shape index (κ1) is 19.1. The number of rotatable bonds is 7. The summed E-state index contributed by atoms with van der Waals surface area (Å²) in [7, 11) is 1.48. The molecule has 10 heteroatoms. The van der Waals surface area contributed by atoms with E-state index in [0.717, 1.165) is 0 Å². The lowest BCUT2D eigenvalue weighted by atomic mass is 10.2. The number of nitrogens with one attached hydrogen (secondary N) is 2. The Labute approximate surface area is 143 Å². The van der Waals surface area contributed by atoms with Crippen molar-refractivity contribution in [2.45, 2.75) is 24.9 Å². The Kier molecular flexibility index (Phi) is 6.65. The van der Waals surface area contributed by atoms with E-state index in [1.807, 2.05) is 0 Å². The Morgan fingerprint density at radius 1 is 1.60 bits per heavy atom.